The minimum atomic E-state index is -1.50. The number of alkyl halides is 1. The highest BCUT2D eigenvalue weighted by atomic mass is 19.1. The number of anilines is 2. The Hall–Kier alpha value is -5.37. The highest BCUT2D eigenvalue weighted by Gasteiger charge is 2.47. The number of likely N-dealkylation sites (tertiary alicyclic amines) is 1. The van der Waals surface area contributed by atoms with Crippen molar-refractivity contribution in [3.8, 4) is 5.75 Å². The zero-order valence-corrected chi connectivity index (χ0v) is 34.8. The molecule has 1 unspecified atom stereocenters. The van der Waals surface area contributed by atoms with Gasteiger partial charge in [-0.3, -0.25) is 39.1 Å². The van der Waals surface area contributed by atoms with Crippen molar-refractivity contribution in [2.75, 3.05) is 43.9 Å². The maximum Gasteiger partial charge on any atom is 0.264 e. The lowest BCUT2D eigenvalue weighted by Crippen LogP contribution is -2.54. The van der Waals surface area contributed by atoms with Crippen molar-refractivity contribution >= 4 is 45.9 Å². The Kier molecular flexibility index (Phi) is 10.6. The van der Waals surface area contributed by atoms with Gasteiger partial charge in [-0.15, -0.1) is 0 Å². The first-order chi connectivity index (χ1) is 28.9. The number of fused-ring (bicyclic) bond motifs is 2. The van der Waals surface area contributed by atoms with Gasteiger partial charge < -0.3 is 20.3 Å². The first-order valence-corrected chi connectivity index (χ1v) is 21.6. The summed E-state index contributed by atoms with van der Waals surface area (Å²) >= 11 is 0. The van der Waals surface area contributed by atoms with Crippen LogP contribution in [0.15, 0.2) is 54.7 Å². The molecule has 5 aliphatic rings. The van der Waals surface area contributed by atoms with Crippen molar-refractivity contribution in [2.45, 2.75) is 102 Å². The number of benzene rings is 2. The molecule has 3 aliphatic heterocycles. The number of aromatic nitrogens is 3. The number of methoxy groups -OCH3 is 1. The minimum absolute atomic E-state index is 0.0979. The third-order valence-corrected chi connectivity index (χ3v) is 13.8. The molecule has 2 aromatic carbocycles. The van der Waals surface area contributed by atoms with Crippen LogP contribution in [-0.2, 0) is 21.8 Å². The average Bonchev–Trinajstić information content (AvgIpc) is 3.76. The van der Waals surface area contributed by atoms with Crippen LogP contribution >= 0.6 is 0 Å². The van der Waals surface area contributed by atoms with Crippen molar-refractivity contribution < 1.29 is 28.3 Å². The van der Waals surface area contributed by atoms with E-state index in [1.54, 1.807) is 25.3 Å². The number of hydrogen-bond donors (Lipinski definition) is 3. The van der Waals surface area contributed by atoms with Crippen molar-refractivity contribution in [1.82, 2.24) is 29.9 Å². The molecule has 3 N–H and O–H groups in total. The molecule has 9 rings (SSSR count). The lowest BCUT2D eigenvalue weighted by Gasteiger charge is -2.53. The van der Waals surface area contributed by atoms with E-state index in [4.69, 9.17) is 9.84 Å². The molecule has 2 aliphatic carbocycles. The summed E-state index contributed by atoms with van der Waals surface area (Å²) in [6, 6.07) is 14.2. The van der Waals surface area contributed by atoms with E-state index in [-0.39, 0.29) is 18.7 Å². The molecular formula is C46H55FN8O5. The fraction of sp³-hybridized carbons (Fsp3) is 0.522. The quantitative estimate of drug-likeness (QED) is 0.128. The van der Waals surface area contributed by atoms with Crippen molar-refractivity contribution in [3.05, 3.63) is 77.2 Å². The van der Waals surface area contributed by atoms with Gasteiger partial charge in [-0.25, -0.2) is 4.39 Å². The molecule has 316 valence electrons. The minimum Gasteiger partial charge on any atom is -0.495 e. The van der Waals surface area contributed by atoms with Crippen molar-refractivity contribution in [3.63, 3.8) is 0 Å². The van der Waals surface area contributed by atoms with Crippen LogP contribution in [0.2, 0.25) is 0 Å². The van der Waals surface area contributed by atoms with Gasteiger partial charge in [0.25, 0.3) is 11.8 Å². The monoisotopic (exact) mass is 818 g/mol. The SMILES string of the molecule is COc1cc2nn(C3CCC(CN4CCC5(CC4)CC(CNc4cccc6c4C(=O)N(C4CCC(=O)NC4=O)C6=O)C5)CC3)cc2cc1NCc1cccc(C(C)(C)F)n1. The number of ether oxygens (including phenoxy) is 1. The van der Waals surface area contributed by atoms with Crippen LogP contribution in [0.4, 0.5) is 15.8 Å². The van der Waals surface area contributed by atoms with Gasteiger partial charge in [0.2, 0.25) is 11.8 Å². The Morgan fingerprint density at radius 2 is 1.68 bits per heavy atom. The number of amides is 4. The maximum absolute atomic E-state index is 14.5. The smallest absolute Gasteiger partial charge is 0.264 e. The van der Waals surface area contributed by atoms with E-state index < -0.39 is 29.4 Å². The van der Waals surface area contributed by atoms with E-state index in [0.29, 0.717) is 58.1 Å². The van der Waals surface area contributed by atoms with Gasteiger partial charge in [0, 0.05) is 42.8 Å². The third kappa shape index (κ3) is 7.86. The number of imide groups is 2. The number of pyridine rings is 1. The predicted octanol–water partition coefficient (Wildman–Crippen LogP) is 6.99. The summed E-state index contributed by atoms with van der Waals surface area (Å²) in [5.41, 5.74) is 3.08. The Labute approximate surface area is 349 Å². The lowest BCUT2D eigenvalue weighted by atomic mass is 9.57. The second-order valence-corrected chi connectivity index (χ2v) is 18.4. The van der Waals surface area contributed by atoms with Crippen LogP contribution in [0.5, 0.6) is 5.75 Å². The number of rotatable bonds is 12. The van der Waals surface area contributed by atoms with E-state index in [1.807, 2.05) is 24.3 Å². The van der Waals surface area contributed by atoms with E-state index in [0.717, 1.165) is 79.0 Å². The number of hydrogen-bond acceptors (Lipinski definition) is 10. The van der Waals surface area contributed by atoms with Gasteiger partial charge in [-0.1, -0.05) is 12.1 Å². The fourth-order valence-corrected chi connectivity index (χ4v) is 10.5. The molecule has 2 saturated heterocycles. The van der Waals surface area contributed by atoms with Gasteiger partial charge >= 0.3 is 0 Å². The number of carbonyl (C=O) groups is 4. The maximum atomic E-state index is 14.5. The van der Waals surface area contributed by atoms with Crippen LogP contribution in [-0.4, -0.2) is 87.5 Å². The van der Waals surface area contributed by atoms with Gasteiger partial charge in [-0.05, 0) is 132 Å². The van der Waals surface area contributed by atoms with Gasteiger partial charge in [0.1, 0.15) is 17.5 Å². The Morgan fingerprint density at radius 1 is 0.917 bits per heavy atom. The van der Waals surface area contributed by atoms with Gasteiger partial charge in [0.05, 0.1) is 53.4 Å². The molecule has 14 heteroatoms. The van der Waals surface area contributed by atoms with E-state index in [1.165, 1.54) is 39.5 Å². The normalized spacial score (nSPS) is 23.5. The molecule has 5 heterocycles. The summed E-state index contributed by atoms with van der Waals surface area (Å²) in [5.74, 6) is -0.0349. The van der Waals surface area contributed by atoms with Crippen LogP contribution in [0.3, 0.4) is 0 Å². The number of nitrogens with zero attached hydrogens (tertiary/aromatic N) is 5. The largest absolute Gasteiger partial charge is 0.495 e. The standard InChI is InChI=1S/C46H55FN8O5/c1-45(2,47)39-9-4-6-31(50-39)25-49-36-20-30-27-54(52-35(30)21-38(36)60-3)32-12-10-28(11-13-32)26-53-18-16-46(17-19-53)22-29(23-46)24-48-34-8-5-7-33-41(34)44(59)55(43(33)58)37-14-15-40(56)51-42(37)57/h4-9,20-21,27-29,32,37,48-49H,10-19,22-26H2,1-3H3,(H,51,56,57). The summed E-state index contributed by atoms with van der Waals surface area (Å²) in [6.45, 7) is 7.64. The molecule has 2 saturated carbocycles. The topological polar surface area (TPSA) is 151 Å². The number of halogens is 1. The van der Waals surface area contributed by atoms with E-state index >= 15 is 0 Å². The summed E-state index contributed by atoms with van der Waals surface area (Å²) in [4.78, 5) is 59.1. The number of carbonyl (C=O) groups excluding carboxylic acids is 4. The highest BCUT2D eigenvalue weighted by molar-refractivity contribution is 6.25. The first-order valence-electron chi connectivity index (χ1n) is 21.6. The van der Waals surface area contributed by atoms with Crippen LogP contribution in [0.1, 0.15) is 116 Å². The number of nitrogens with one attached hydrogen (secondary N) is 3. The van der Waals surface area contributed by atoms with E-state index in [2.05, 4.69) is 42.8 Å². The number of piperidine rings is 2. The third-order valence-electron chi connectivity index (χ3n) is 13.8. The molecule has 60 heavy (non-hydrogen) atoms. The summed E-state index contributed by atoms with van der Waals surface area (Å²) in [5, 5.41) is 15.2. The summed E-state index contributed by atoms with van der Waals surface area (Å²) < 4.78 is 22.4. The molecule has 1 atom stereocenters. The molecule has 0 radical (unpaired) electrons. The molecule has 0 bridgehead atoms. The second kappa shape index (κ2) is 15.9. The molecule has 4 aromatic rings. The lowest BCUT2D eigenvalue weighted by molar-refractivity contribution is -0.136. The second-order valence-electron chi connectivity index (χ2n) is 18.4. The molecule has 4 fully saturated rings. The molecule has 1 spiro atoms. The Morgan fingerprint density at radius 3 is 2.42 bits per heavy atom. The van der Waals surface area contributed by atoms with Crippen LogP contribution < -0.4 is 20.7 Å². The van der Waals surface area contributed by atoms with Crippen molar-refractivity contribution in [2.24, 2.45) is 17.3 Å². The molecular weight excluding hydrogens is 764 g/mol. The molecule has 4 amide bonds. The zero-order valence-electron chi connectivity index (χ0n) is 34.8. The van der Waals surface area contributed by atoms with Crippen LogP contribution in [0.25, 0.3) is 10.9 Å². The Bertz CT molecular complexity index is 2310. The average molecular weight is 819 g/mol. The predicted molar refractivity (Wildman–Crippen MR) is 225 cm³/mol. The summed E-state index contributed by atoms with van der Waals surface area (Å²) in [6.07, 6.45) is 11.8. The first kappa shape index (κ1) is 40.1. The van der Waals surface area contributed by atoms with Gasteiger partial charge in [-0.2, -0.15) is 5.10 Å². The Balaban J connectivity index is 0.725. The highest BCUT2D eigenvalue weighted by Crippen LogP contribution is 2.53. The van der Waals surface area contributed by atoms with Crippen molar-refractivity contribution in [1.29, 1.82) is 0 Å². The zero-order chi connectivity index (χ0) is 41.8. The fourth-order valence-electron chi connectivity index (χ4n) is 10.5. The van der Waals surface area contributed by atoms with Crippen LogP contribution in [0, 0.1) is 17.3 Å². The van der Waals surface area contributed by atoms with Gasteiger partial charge in [0.15, 0.2) is 0 Å². The molecule has 2 aromatic heterocycles. The van der Waals surface area contributed by atoms with E-state index in [9.17, 15) is 23.6 Å². The summed E-state index contributed by atoms with van der Waals surface area (Å²) in [7, 11) is 1.66. The molecule has 13 nitrogen and oxygen atoms in total.